The summed E-state index contributed by atoms with van der Waals surface area (Å²) in [5, 5.41) is 2.68. The van der Waals surface area contributed by atoms with E-state index < -0.39 is 18.1 Å². The van der Waals surface area contributed by atoms with Gasteiger partial charge in [-0.1, -0.05) is 12.1 Å². The van der Waals surface area contributed by atoms with Gasteiger partial charge in [-0.25, -0.2) is 0 Å². The second-order valence-electron chi connectivity index (χ2n) is 7.89. The highest BCUT2D eigenvalue weighted by molar-refractivity contribution is 8.00. The molecule has 6 nitrogen and oxygen atoms in total. The molecule has 2 heterocycles. The second-order valence-corrected chi connectivity index (χ2v) is 8.96. The summed E-state index contributed by atoms with van der Waals surface area (Å²) >= 11 is 1.85. The molecule has 0 saturated carbocycles. The topological polar surface area (TPSA) is 66.0 Å². The highest BCUT2D eigenvalue weighted by Crippen LogP contribution is 2.34. The summed E-state index contributed by atoms with van der Waals surface area (Å²) < 4.78 is 58.0. The van der Waals surface area contributed by atoms with Gasteiger partial charge in [0.1, 0.15) is 17.6 Å². The maximum absolute atomic E-state index is 12.7. The molecule has 2 saturated heterocycles. The third kappa shape index (κ3) is 5.67. The molecular weight excluding hydrogens is 447 g/mol. The van der Waals surface area contributed by atoms with Gasteiger partial charge in [-0.2, -0.15) is 11.8 Å². The molecule has 1 amide bonds. The number of ether oxygens (including phenoxy) is 4. The van der Waals surface area contributed by atoms with Gasteiger partial charge in [0.15, 0.2) is 6.29 Å². The van der Waals surface area contributed by atoms with Crippen molar-refractivity contribution in [2.24, 2.45) is 5.41 Å². The molecule has 2 aromatic rings. The van der Waals surface area contributed by atoms with Crippen molar-refractivity contribution in [3.8, 4) is 11.5 Å². The van der Waals surface area contributed by atoms with E-state index >= 15 is 0 Å². The van der Waals surface area contributed by atoms with Crippen LogP contribution in [0.15, 0.2) is 48.5 Å². The smallest absolute Gasteiger partial charge is 0.489 e. The van der Waals surface area contributed by atoms with E-state index in [1.54, 1.807) is 6.92 Å². The Kier molecular flexibility index (Phi) is 6.55. The first-order chi connectivity index (χ1) is 15.2. The number of nitrogens with one attached hydrogen (secondary N) is 1. The lowest BCUT2D eigenvalue weighted by molar-refractivity contribution is -0.274. The van der Waals surface area contributed by atoms with Crippen molar-refractivity contribution in [1.29, 1.82) is 0 Å². The Balaban J connectivity index is 1.29. The SMILES string of the molecule is CC1(C(=O)Nc2ccc(OC(F)(F)F)cc2)COC(c2ccc(OC3CSC3)cc2)OC1. The first-order valence-corrected chi connectivity index (χ1v) is 11.1. The summed E-state index contributed by atoms with van der Waals surface area (Å²) in [4.78, 5) is 12.7. The zero-order chi connectivity index (χ0) is 22.8. The number of alkyl halides is 3. The fourth-order valence-electron chi connectivity index (χ4n) is 3.13. The van der Waals surface area contributed by atoms with Gasteiger partial charge in [0, 0.05) is 22.8 Å². The van der Waals surface area contributed by atoms with Crippen LogP contribution in [0.25, 0.3) is 0 Å². The van der Waals surface area contributed by atoms with E-state index in [1.807, 2.05) is 36.0 Å². The minimum atomic E-state index is -4.77. The van der Waals surface area contributed by atoms with Crippen molar-refractivity contribution < 1.29 is 36.9 Å². The van der Waals surface area contributed by atoms with Gasteiger partial charge in [0.25, 0.3) is 0 Å². The quantitative estimate of drug-likeness (QED) is 0.658. The van der Waals surface area contributed by atoms with Gasteiger partial charge in [-0.15, -0.1) is 13.2 Å². The molecule has 0 aromatic heterocycles. The number of benzene rings is 2. The molecule has 0 spiro atoms. The predicted molar refractivity (Wildman–Crippen MR) is 113 cm³/mol. The number of hydrogen-bond acceptors (Lipinski definition) is 6. The van der Waals surface area contributed by atoms with Gasteiger partial charge < -0.3 is 24.3 Å². The maximum atomic E-state index is 12.7. The minimum absolute atomic E-state index is 0.121. The first kappa shape index (κ1) is 22.8. The van der Waals surface area contributed by atoms with Crippen molar-refractivity contribution in [1.82, 2.24) is 0 Å². The van der Waals surface area contributed by atoms with E-state index in [-0.39, 0.29) is 31.0 Å². The van der Waals surface area contributed by atoms with Crippen LogP contribution >= 0.6 is 11.8 Å². The van der Waals surface area contributed by atoms with Crippen LogP contribution in [0.2, 0.25) is 0 Å². The summed E-state index contributed by atoms with van der Waals surface area (Å²) in [6.45, 7) is 1.94. The predicted octanol–water partition coefficient (Wildman–Crippen LogP) is 4.77. The van der Waals surface area contributed by atoms with Crippen molar-refractivity contribution in [3.63, 3.8) is 0 Å². The summed E-state index contributed by atoms with van der Waals surface area (Å²) in [6, 6.07) is 12.4. The number of halogens is 3. The van der Waals surface area contributed by atoms with E-state index in [2.05, 4.69) is 10.1 Å². The van der Waals surface area contributed by atoms with E-state index in [4.69, 9.17) is 14.2 Å². The Bertz CT molecular complexity index is 924. The van der Waals surface area contributed by atoms with E-state index in [1.165, 1.54) is 12.1 Å². The molecule has 1 N–H and O–H groups in total. The Morgan fingerprint density at radius 3 is 2.16 bits per heavy atom. The molecule has 2 fully saturated rings. The zero-order valence-electron chi connectivity index (χ0n) is 17.2. The van der Waals surface area contributed by atoms with Crippen molar-refractivity contribution in [3.05, 3.63) is 54.1 Å². The molecule has 0 aliphatic carbocycles. The van der Waals surface area contributed by atoms with Gasteiger partial charge >= 0.3 is 6.36 Å². The Labute approximate surface area is 187 Å². The lowest BCUT2D eigenvalue weighted by Gasteiger charge is -2.36. The second kappa shape index (κ2) is 9.21. The number of hydrogen-bond donors (Lipinski definition) is 1. The summed E-state index contributed by atoms with van der Waals surface area (Å²) in [6.07, 6.45) is -5.10. The van der Waals surface area contributed by atoms with Crippen molar-refractivity contribution in [2.75, 3.05) is 30.0 Å². The fourth-order valence-corrected chi connectivity index (χ4v) is 3.70. The number of anilines is 1. The van der Waals surface area contributed by atoms with Crippen LogP contribution < -0.4 is 14.8 Å². The van der Waals surface area contributed by atoms with Crippen LogP contribution in [0.5, 0.6) is 11.5 Å². The number of thioether (sulfide) groups is 1. The van der Waals surface area contributed by atoms with Crippen LogP contribution in [-0.2, 0) is 14.3 Å². The average Bonchev–Trinajstić information content (AvgIpc) is 2.72. The summed E-state index contributed by atoms with van der Waals surface area (Å²) in [5.41, 5.74) is 0.208. The lowest BCUT2D eigenvalue weighted by atomic mass is 9.90. The first-order valence-electron chi connectivity index (χ1n) is 9.95. The van der Waals surface area contributed by atoms with Gasteiger partial charge in [-0.3, -0.25) is 4.79 Å². The third-order valence-corrected chi connectivity index (χ3v) is 6.28. The molecule has 0 atom stereocenters. The molecule has 2 aliphatic rings. The average molecular weight is 469 g/mol. The van der Waals surface area contributed by atoms with Crippen molar-refractivity contribution >= 4 is 23.4 Å². The normalized spacial score (nSPS) is 23.8. The van der Waals surface area contributed by atoms with Crippen molar-refractivity contribution in [2.45, 2.75) is 25.7 Å². The molecule has 0 bridgehead atoms. The summed E-state index contributed by atoms with van der Waals surface area (Å²) in [5.74, 6) is 2.08. The molecule has 32 heavy (non-hydrogen) atoms. The molecule has 4 rings (SSSR count). The molecule has 2 aromatic carbocycles. The number of carbonyl (C=O) groups excluding carboxylic acids is 1. The number of amides is 1. The molecule has 2 aliphatic heterocycles. The minimum Gasteiger partial charge on any atom is -0.489 e. The zero-order valence-corrected chi connectivity index (χ0v) is 18.0. The molecule has 172 valence electrons. The molecular formula is C22H22F3NO5S. The van der Waals surface area contributed by atoms with E-state index in [9.17, 15) is 18.0 Å². The molecule has 0 radical (unpaired) electrons. The largest absolute Gasteiger partial charge is 0.573 e. The van der Waals surface area contributed by atoms with E-state index in [0.29, 0.717) is 5.69 Å². The molecule has 10 heteroatoms. The van der Waals surface area contributed by atoms with Gasteiger partial charge in [0.05, 0.1) is 18.6 Å². The third-order valence-electron chi connectivity index (χ3n) is 5.06. The lowest BCUT2D eigenvalue weighted by Crippen LogP contribution is -2.45. The Morgan fingerprint density at radius 1 is 1.03 bits per heavy atom. The maximum Gasteiger partial charge on any atom is 0.573 e. The monoisotopic (exact) mass is 469 g/mol. The number of rotatable bonds is 6. The Hall–Kier alpha value is -2.43. The van der Waals surface area contributed by atoms with Crippen LogP contribution in [0.1, 0.15) is 18.8 Å². The van der Waals surface area contributed by atoms with Crippen LogP contribution in [-0.4, -0.2) is 43.1 Å². The van der Waals surface area contributed by atoms with Gasteiger partial charge in [-0.05, 0) is 43.3 Å². The highest BCUT2D eigenvalue weighted by Gasteiger charge is 2.40. The number of carbonyl (C=O) groups is 1. The fraction of sp³-hybridized carbons (Fsp3) is 0.409. The Morgan fingerprint density at radius 2 is 1.62 bits per heavy atom. The highest BCUT2D eigenvalue weighted by atomic mass is 32.2. The van der Waals surface area contributed by atoms with Crippen LogP contribution in [0, 0.1) is 5.41 Å². The van der Waals surface area contributed by atoms with Gasteiger partial charge in [0.2, 0.25) is 5.91 Å². The van der Waals surface area contributed by atoms with E-state index in [0.717, 1.165) is 35.0 Å². The van der Waals surface area contributed by atoms with Crippen LogP contribution in [0.4, 0.5) is 18.9 Å². The summed E-state index contributed by atoms with van der Waals surface area (Å²) in [7, 11) is 0. The standard InChI is InChI=1S/C22H22F3NO5S/c1-21(20(27)26-15-4-8-17(9-5-15)31-22(23,24)25)12-28-19(29-13-21)14-2-6-16(7-3-14)30-18-10-32-11-18/h2-9,18-19H,10-13H2,1H3,(H,26,27). The molecule has 0 unspecified atom stereocenters. The van der Waals surface area contributed by atoms with Crippen LogP contribution in [0.3, 0.4) is 0 Å².